The van der Waals surface area contributed by atoms with E-state index in [-0.39, 0.29) is 17.7 Å². The molecule has 3 rings (SSSR count). The summed E-state index contributed by atoms with van der Waals surface area (Å²) in [7, 11) is 1.55. The summed E-state index contributed by atoms with van der Waals surface area (Å²) >= 11 is 0. The van der Waals surface area contributed by atoms with Gasteiger partial charge in [0.25, 0.3) is 0 Å². The van der Waals surface area contributed by atoms with Crippen LogP contribution in [0.3, 0.4) is 0 Å². The zero-order valence-corrected chi connectivity index (χ0v) is 15.2. The van der Waals surface area contributed by atoms with Gasteiger partial charge in [-0.3, -0.25) is 14.6 Å². The number of carbonyl (C=O) groups is 2. The van der Waals surface area contributed by atoms with E-state index >= 15 is 0 Å². The Morgan fingerprint density at radius 1 is 1.19 bits per heavy atom. The third kappa shape index (κ3) is 3.52. The smallest absolute Gasteiger partial charge is 0.248 e. The summed E-state index contributed by atoms with van der Waals surface area (Å²) in [6.45, 7) is 4.03. The van der Waals surface area contributed by atoms with Gasteiger partial charge in [-0.15, -0.1) is 0 Å². The van der Waals surface area contributed by atoms with Crippen LogP contribution < -0.4 is 10.5 Å². The predicted molar refractivity (Wildman–Crippen MR) is 101 cm³/mol. The number of hydrogen-bond donors (Lipinski definition) is 1. The number of rotatable bonds is 5. The number of Topliss-reactive ketones (excluding diaryl/α,β-unsaturated/α-hetero) is 1. The zero-order chi connectivity index (χ0) is 18.9. The number of aliphatic imine (C=N–C) groups is 1. The molecule has 0 aliphatic carbocycles. The standard InChI is InChI=1S/C21H22N2O3/c1-21(2)12-14-10-13(20(22)25)8-9-15(14)17(23-21)11-18(24)16-6-4-5-7-19(16)26-3/h4-10H,11-12H2,1-3H3,(H2,22,25). The Morgan fingerprint density at radius 3 is 2.62 bits per heavy atom. The lowest BCUT2D eigenvalue weighted by molar-refractivity contribution is 0.0989. The quantitative estimate of drug-likeness (QED) is 0.841. The van der Waals surface area contributed by atoms with Gasteiger partial charge in [-0.1, -0.05) is 18.2 Å². The van der Waals surface area contributed by atoms with Gasteiger partial charge in [-0.2, -0.15) is 0 Å². The molecule has 0 atom stereocenters. The molecule has 0 bridgehead atoms. The van der Waals surface area contributed by atoms with Crippen LogP contribution in [-0.4, -0.2) is 30.1 Å². The fraction of sp³-hybridized carbons (Fsp3) is 0.286. The van der Waals surface area contributed by atoms with E-state index in [0.717, 1.165) is 16.8 Å². The summed E-state index contributed by atoms with van der Waals surface area (Å²) in [5.41, 5.74) is 8.68. The van der Waals surface area contributed by atoms with Crippen LogP contribution in [0.5, 0.6) is 5.75 Å². The first-order valence-corrected chi connectivity index (χ1v) is 8.49. The van der Waals surface area contributed by atoms with Crippen LogP contribution in [0.25, 0.3) is 0 Å². The van der Waals surface area contributed by atoms with Crippen LogP contribution in [0.15, 0.2) is 47.5 Å². The molecule has 0 spiro atoms. The van der Waals surface area contributed by atoms with Gasteiger partial charge < -0.3 is 10.5 Å². The summed E-state index contributed by atoms with van der Waals surface area (Å²) in [5.74, 6) is 0.0427. The van der Waals surface area contributed by atoms with Gasteiger partial charge in [0.2, 0.25) is 5.91 Å². The summed E-state index contributed by atoms with van der Waals surface area (Å²) in [6.07, 6.45) is 0.864. The number of nitrogens with two attached hydrogens (primary N) is 1. The van der Waals surface area contributed by atoms with Crippen LogP contribution in [0, 0.1) is 0 Å². The molecule has 1 aliphatic rings. The van der Waals surface area contributed by atoms with Crippen molar-refractivity contribution in [3.8, 4) is 5.75 Å². The van der Waals surface area contributed by atoms with Crippen molar-refractivity contribution in [1.82, 2.24) is 0 Å². The molecule has 0 saturated carbocycles. The lowest BCUT2D eigenvalue weighted by atomic mass is 9.84. The molecule has 0 fully saturated rings. The summed E-state index contributed by atoms with van der Waals surface area (Å²) in [6, 6.07) is 12.5. The zero-order valence-electron chi connectivity index (χ0n) is 15.2. The van der Waals surface area contributed by atoms with Crippen LogP contribution >= 0.6 is 0 Å². The molecule has 2 N–H and O–H groups in total. The van der Waals surface area contributed by atoms with Crippen LogP contribution in [0.4, 0.5) is 0 Å². The largest absolute Gasteiger partial charge is 0.496 e. The van der Waals surface area contributed by atoms with E-state index < -0.39 is 5.91 Å². The van der Waals surface area contributed by atoms with E-state index in [4.69, 9.17) is 15.5 Å². The van der Waals surface area contributed by atoms with Gasteiger partial charge in [0.05, 0.1) is 30.3 Å². The molecule has 0 aromatic heterocycles. The van der Waals surface area contributed by atoms with E-state index in [9.17, 15) is 9.59 Å². The maximum atomic E-state index is 12.9. The number of nitrogens with zero attached hydrogens (tertiary/aromatic N) is 1. The maximum Gasteiger partial charge on any atom is 0.248 e. The van der Waals surface area contributed by atoms with E-state index in [2.05, 4.69) is 0 Å². The van der Waals surface area contributed by atoms with Crippen molar-refractivity contribution in [2.24, 2.45) is 10.7 Å². The molecule has 134 valence electrons. The van der Waals surface area contributed by atoms with E-state index in [1.165, 1.54) is 0 Å². The van der Waals surface area contributed by atoms with E-state index in [1.807, 2.05) is 38.1 Å². The minimum absolute atomic E-state index is 0.0520. The fourth-order valence-corrected chi connectivity index (χ4v) is 3.36. The Morgan fingerprint density at radius 2 is 1.92 bits per heavy atom. The Bertz CT molecular complexity index is 913. The number of methoxy groups -OCH3 is 1. The number of amides is 1. The number of para-hydroxylation sites is 1. The van der Waals surface area contributed by atoms with Crippen LogP contribution in [0.1, 0.15) is 52.1 Å². The highest BCUT2D eigenvalue weighted by Gasteiger charge is 2.28. The van der Waals surface area contributed by atoms with Crippen LogP contribution in [0.2, 0.25) is 0 Å². The Labute approximate surface area is 152 Å². The molecule has 1 aliphatic heterocycles. The molecule has 5 nitrogen and oxygen atoms in total. The highest BCUT2D eigenvalue weighted by Crippen LogP contribution is 2.30. The predicted octanol–water partition coefficient (Wildman–Crippen LogP) is 3.19. The number of hydrogen-bond acceptors (Lipinski definition) is 4. The lowest BCUT2D eigenvalue weighted by Crippen LogP contribution is -2.30. The first-order valence-electron chi connectivity index (χ1n) is 8.49. The molecule has 2 aromatic carbocycles. The maximum absolute atomic E-state index is 12.9. The number of benzene rings is 2. The average Bonchev–Trinajstić information content (AvgIpc) is 2.60. The van der Waals surface area contributed by atoms with Crippen molar-refractivity contribution < 1.29 is 14.3 Å². The van der Waals surface area contributed by atoms with Gasteiger partial charge in [-0.05, 0) is 55.7 Å². The minimum Gasteiger partial charge on any atom is -0.496 e. The topological polar surface area (TPSA) is 81.8 Å². The normalized spacial score (nSPS) is 15.0. The molecule has 26 heavy (non-hydrogen) atoms. The monoisotopic (exact) mass is 350 g/mol. The van der Waals surface area contributed by atoms with E-state index in [0.29, 0.717) is 23.3 Å². The number of carbonyl (C=O) groups excluding carboxylic acids is 2. The highest BCUT2D eigenvalue weighted by molar-refractivity contribution is 6.17. The third-order valence-electron chi connectivity index (χ3n) is 4.50. The second kappa shape index (κ2) is 6.75. The van der Waals surface area contributed by atoms with E-state index in [1.54, 1.807) is 25.3 Å². The van der Waals surface area contributed by atoms with Crippen molar-refractivity contribution in [3.63, 3.8) is 0 Å². The second-order valence-corrected chi connectivity index (χ2v) is 7.08. The summed E-state index contributed by atoms with van der Waals surface area (Å²) in [5, 5.41) is 0. The Hall–Kier alpha value is -2.95. The average molecular weight is 350 g/mol. The molecular formula is C21H22N2O3. The van der Waals surface area contributed by atoms with Gasteiger partial charge in [-0.25, -0.2) is 0 Å². The SMILES string of the molecule is COc1ccccc1C(=O)CC1=NC(C)(C)Cc2cc(C(N)=O)ccc21. The Kier molecular flexibility index (Phi) is 4.64. The summed E-state index contributed by atoms with van der Waals surface area (Å²) < 4.78 is 5.30. The van der Waals surface area contributed by atoms with Gasteiger partial charge in [0, 0.05) is 5.56 Å². The van der Waals surface area contributed by atoms with Gasteiger partial charge >= 0.3 is 0 Å². The van der Waals surface area contributed by atoms with Crippen molar-refractivity contribution in [2.75, 3.05) is 7.11 Å². The number of ether oxygens (including phenoxy) is 1. The van der Waals surface area contributed by atoms with Crippen molar-refractivity contribution in [3.05, 3.63) is 64.7 Å². The minimum atomic E-state index is -0.459. The molecule has 0 radical (unpaired) electrons. The molecule has 1 heterocycles. The highest BCUT2D eigenvalue weighted by atomic mass is 16.5. The van der Waals surface area contributed by atoms with Crippen molar-refractivity contribution in [2.45, 2.75) is 32.2 Å². The molecule has 1 amide bonds. The first-order chi connectivity index (χ1) is 12.3. The fourth-order valence-electron chi connectivity index (χ4n) is 3.36. The molecule has 2 aromatic rings. The van der Waals surface area contributed by atoms with Crippen molar-refractivity contribution in [1.29, 1.82) is 0 Å². The number of primary amides is 1. The summed E-state index contributed by atoms with van der Waals surface area (Å²) in [4.78, 5) is 29.1. The number of ketones is 1. The first kappa shape index (κ1) is 17.9. The Balaban J connectivity index is 1.98. The lowest BCUT2D eigenvalue weighted by Gasteiger charge is -2.29. The molecule has 0 saturated heterocycles. The van der Waals surface area contributed by atoms with Gasteiger partial charge in [0.15, 0.2) is 5.78 Å². The molecular weight excluding hydrogens is 328 g/mol. The third-order valence-corrected chi connectivity index (χ3v) is 4.50. The van der Waals surface area contributed by atoms with Gasteiger partial charge in [0.1, 0.15) is 5.75 Å². The van der Waals surface area contributed by atoms with Crippen molar-refractivity contribution >= 4 is 17.4 Å². The molecule has 5 heteroatoms. The number of fused-ring (bicyclic) bond motifs is 1. The van der Waals surface area contributed by atoms with Crippen LogP contribution in [-0.2, 0) is 6.42 Å². The molecule has 0 unspecified atom stereocenters. The second-order valence-electron chi connectivity index (χ2n) is 7.08.